The van der Waals surface area contributed by atoms with Crippen molar-refractivity contribution in [2.45, 2.75) is 67.2 Å². The summed E-state index contributed by atoms with van der Waals surface area (Å²) in [6.45, 7) is 30.4. The highest BCUT2D eigenvalue weighted by Gasteiger charge is 2.28. The number of fused-ring (bicyclic) bond motifs is 1. The molecule has 28 heavy (non-hydrogen) atoms. The number of rotatable bonds is 4. The zero-order valence-electron chi connectivity index (χ0n) is 19.0. The molecule has 0 heteroatoms. The van der Waals surface area contributed by atoms with Crippen molar-refractivity contribution in [3.63, 3.8) is 0 Å². The summed E-state index contributed by atoms with van der Waals surface area (Å²) in [5, 5.41) is 0. The quantitative estimate of drug-likeness (QED) is 0.432. The van der Waals surface area contributed by atoms with Crippen LogP contribution in [0, 0.1) is 10.8 Å². The predicted molar refractivity (Wildman–Crippen MR) is 126 cm³/mol. The fourth-order valence-electron chi connectivity index (χ4n) is 4.03. The first-order valence-corrected chi connectivity index (χ1v) is 10.4. The minimum atomic E-state index is 0.0780. The average molecular weight is 375 g/mol. The monoisotopic (exact) mass is 374 g/mol. The second kappa shape index (κ2) is 8.11. The van der Waals surface area contributed by atoms with E-state index in [4.69, 9.17) is 0 Å². The normalized spacial score (nSPS) is 19.8. The molecule has 0 aliphatic heterocycles. The molecule has 2 rings (SSSR count). The Balaban J connectivity index is 2.74. The molecule has 0 aromatic rings. The molecule has 0 spiro atoms. The number of allylic oxidation sites excluding steroid dienone is 12. The van der Waals surface area contributed by atoms with E-state index in [0.29, 0.717) is 0 Å². The first-order chi connectivity index (χ1) is 12.9. The van der Waals surface area contributed by atoms with Gasteiger partial charge >= 0.3 is 0 Å². The molecule has 1 saturated carbocycles. The molecule has 0 N–H and O–H groups in total. The van der Waals surface area contributed by atoms with Gasteiger partial charge in [0.25, 0.3) is 0 Å². The van der Waals surface area contributed by atoms with Crippen LogP contribution < -0.4 is 0 Å². The molecule has 0 nitrogen and oxygen atoms in total. The topological polar surface area (TPSA) is 0 Å². The second-order valence-electron chi connectivity index (χ2n) is 10.1. The van der Waals surface area contributed by atoms with Crippen LogP contribution in [0.1, 0.15) is 67.2 Å². The van der Waals surface area contributed by atoms with Gasteiger partial charge in [-0.3, -0.25) is 0 Å². The van der Waals surface area contributed by atoms with Crippen LogP contribution in [0.2, 0.25) is 0 Å². The molecule has 0 heterocycles. The van der Waals surface area contributed by atoms with Gasteiger partial charge in [-0.1, -0.05) is 92.2 Å². The lowest BCUT2D eigenvalue weighted by atomic mass is 9.71. The van der Waals surface area contributed by atoms with Crippen LogP contribution in [-0.2, 0) is 0 Å². The van der Waals surface area contributed by atoms with Crippen LogP contribution in [0.25, 0.3) is 0 Å². The summed E-state index contributed by atoms with van der Waals surface area (Å²) in [6.07, 6.45) is 12.8. The van der Waals surface area contributed by atoms with E-state index >= 15 is 0 Å². The zero-order chi connectivity index (χ0) is 21.3. The highest BCUT2D eigenvalue weighted by atomic mass is 14.3. The zero-order valence-corrected chi connectivity index (χ0v) is 19.0. The van der Waals surface area contributed by atoms with E-state index in [1.807, 2.05) is 12.2 Å². The van der Waals surface area contributed by atoms with Crippen molar-refractivity contribution >= 4 is 0 Å². The van der Waals surface area contributed by atoms with Gasteiger partial charge in [-0.2, -0.15) is 0 Å². The van der Waals surface area contributed by atoms with E-state index in [1.54, 1.807) is 0 Å². The summed E-state index contributed by atoms with van der Waals surface area (Å²) < 4.78 is 0. The van der Waals surface area contributed by atoms with Crippen molar-refractivity contribution in [2.75, 3.05) is 0 Å². The third-order valence-electron chi connectivity index (χ3n) is 5.82. The molecular formula is C28H38. The summed E-state index contributed by atoms with van der Waals surface area (Å²) in [5.41, 5.74) is 10.6. The molecule has 0 radical (unpaired) electrons. The van der Waals surface area contributed by atoms with E-state index in [1.165, 1.54) is 44.6 Å². The Morgan fingerprint density at radius 1 is 0.643 bits per heavy atom. The Bertz CT molecular complexity index is 757. The lowest BCUT2D eigenvalue weighted by molar-refractivity contribution is 0.515. The third-order valence-corrected chi connectivity index (χ3v) is 5.82. The van der Waals surface area contributed by atoms with Gasteiger partial charge in [-0.25, -0.2) is 0 Å². The Morgan fingerprint density at radius 3 is 1.21 bits per heavy atom. The highest BCUT2D eigenvalue weighted by Crippen LogP contribution is 2.46. The maximum atomic E-state index is 4.43. The Hall–Kier alpha value is -2.08. The van der Waals surface area contributed by atoms with Crippen molar-refractivity contribution in [2.24, 2.45) is 10.8 Å². The van der Waals surface area contributed by atoms with Gasteiger partial charge in [0.15, 0.2) is 0 Å². The average Bonchev–Trinajstić information content (AvgIpc) is 2.58. The van der Waals surface area contributed by atoms with Crippen LogP contribution in [0.5, 0.6) is 0 Å². The highest BCUT2D eigenvalue weighted by molar-refractivity contribution is 5.67. The minimum Gasteiger partial charge on any atom is -0.0988 e. The summed E-state index contributed by atoms with van der Waals surface area (Å²) >= 11 is 0. The number of hydrogen-bond donors (Lipinski definition) is 0. The molecule has 0 atom stereocenters. The molecule has 0 amide bonds. The fourth-order valence-corrected chi connectivity index (χ4v) is 4.03. The molecule has 0 bridgehead atoms. The molecular weight excluding hydrogens is 336 g/mol. The molecule has 150 valence electrons. The van der Waals surface area contributed by atoms with Crippen LogP contribution in [0.15, 0.2) is 95.2 Å². The molecule has 0 aromatic carbocycles. The van der Waals surface area contributed by atoms with Crippen LogP contribution in [0.4, 0.5) is 0 Å². The van der Waals surface area contributed by atoms with Gasteiger partial charge in [0, 0.05) is 0 Å². The molecule has 0 saturated heterocycles. The Morgan fingerprint density at radius 2 is 0.964 bits per heavy atom. The predicted octanol–water partition coefficient (Wildman–Crippen LogP) is 8.60. The van der Waals surface area contributed by atoms with E-state index in [0.717, 1.165) is 25.7 Å². The van der Waals surface area contributed by atoms with Gasteiger partial charge in [-0.15, -0.1) is 0 Å². The largest absolute Gasteiger partial charge is 0.0988 e. The summed E-state index contributed by atoms with van der Waals surface area (Å²) in [4.78, 5) is 0. The Labute approximate surface area is 173 Å². The standard InChI is InChI=1S/C28H38/c1-11-23(27(5,6)7)17-21-15-16-22(18-24(12-2)28(8,9)10)26-20(4)14-13-19(3)25(21)26/h11-12,17-18H,1-4,13-16H2,5-10H3/b23-17+,24-18+. The van der Waals surface area contributed by atoms with Gasteiger partial charge in [-0.05, 0) is 81.1 Å². The van der Waals surface area contributed by atoms with E-state index in [9.17, 15) is 0 Å². The first kappa shape index (κ1) is 22.2. The first-order valence-electron chi connectivity index (χ1n) is 10.4. The number of hydrogen-bond acceptors (Lipinski definition) is 0. The maximum Gasteiger partial charge on any atom is -0.0120 e. The molecule has 0 unspecified atom stereocenters. The van der Waals surface area contributed by atoms with Crippen LogP contribution in [-0.4, -0.2) is 0 Å². The molecule has 1 fully saturated rings. The smallest absolute Gasteiger partial charge is 0.0120 e. The molecule has 2 aliphatic carbocycles. The SMILES string of the molecule is C=C/C(=C\C1=C2C(=C)CCC(=C)C2=C(/C=C(\C=C)C(C)(C)C)CC1)C(C)(C)C. The van der Waals surface area contributed by atoms with E-state index in [2.05, 4.69) is 80.0 Å². The van der Waals surface area contributed by atoms with E-state index in [-0.39, 0.29) is 10.8 Å². The lowest BCUT2D eigenvalue weighted by Crippen LogP contribution is -2.15. The van der Waals surface area contributed by atoms with Crippen molar-refractivity contribution < 1.29 is 0 Å². The van der Waals surface area contributed by atoms with Gasteiger partial charge < -0.3 is 0 Å². The fraction of sp³-hybridized carbons (Fsp3) is 0.429. The summed E-state index contributed by atoms with van der Waals surface area (Å²) in [6, 6.07) is 0. The van der Waals surface area contributed by atoms with Crippen molar-refractivity contribution in [3.05, 3.63) is 95.2 Å². The van der Waals surface area contributed by atoms with Gasteiger partial charge in [0.05, 0.1) is 0 Å². The minimum absolute atomic E-state index is 0.0780. The van der Waals surface area contributed by atoms with Crippen LogP contribution >= 0.6 is 0 Å². The third kappa shape index (κ3) is 4.66. The van der Waals surface area contributed by atoms with Crippen molar-refractivity contribution in [1.82, 2.24) is 0 Å². The van der Waals surface area contributed by atoms with Crippen LogP contribution in [0.3, 0.4) is 0 Å². The molecule has 2 aliphatic rings. The molecule has 0 aromatic heterocycles. The Kier molecular flexibility index (Phi) is 6.44. The van der Waals surface area contributed by atoms with Gasteiger partial charge in [0.2, 0.25) is 0 Å². The lowest BCUT2D eigenvalue weighted by Gasteiger charge is -2.33. The van der Waals surface area contributed by atoms with Gasteiger partial charge in [0.1, 0.15) is 0 Å². The summed E-state index contributed by atoms with van der Waals surface area (Å²) in [5.74, 6) is 0. The van der Waals surface area contributed by atoms with Crippen molar-refractivity contribution in [1.29, 1.82) is 0 Å². The second-order valence-corrected chi connectivity index (χ2v) is 10.1. The van der Waals surface area contributed by atoms with Crippen molar-refractivity contribution in [3.8, 4) is 0 Å². The van der Waals surface area contributed by atoms with E-state index < -0.39 is 0 Å². The summed E-state index contributed by atoms with van der Waals surface area (Å²) in [7, 11) is 0. The maximum absolute atomic E-state index is 4.43.